The van der Waals surface area contributed by atoms with Crippen molar-refractivity contribution in [1.29, 1.82) is 0 Å². The molecule has 0 aliphatic heterocycles. The highest BCUT2D eigenvalue weighted by molar-refractivity contribution is 5.87. The largest absolute Gasteiger partial charge is 0.481 e. The maximum atomic E-state index is 10.9. The normalized spacial score (nSPS) is 11.9. The van der Waals surface area contributed by atoms with Crippen LogP contribution in [0.3, 0.4) is 0 Å². The van der Waals surface area contributed by atoms with Gasteiger partial charge >= 0.3 is 5.97 Å². The Hall–Kier alpha value is -1.81. The summed E-state index contributed by atoms with van der Waals surface area (Å²) in [6, 6.07) is 7.76. The van der Waals surface area contributed by atoms with Crippen LogP contribution in [-0.2, 0) is 17.8 Å². The van der Waals surface area contributed by atoms with Crippen LogP contribution in [0.4, 0.5) is 0 Å². The maximum absolute atomic E-state index is 10.9. The summed E-state index contributed by atoms with van der Waals surface area (Å²) < 4.78 is 2.02. The number of aliphatic carboxylic acids is 1. The zero-order chi connectivity index (χ0) is 14.0. The second kappa shape index (κ2) is 5.05. The van der Waals surface area contributed by atoms with Crippen molar-refractivity contribution >= 4 is 16.9 Å². The van der Waals surface area contributed by atoms with E-state index in [4.69, 9.17) is 5.11 Å². The standard InChI is InChI=1S/C15H19NO3/c1-15(2,19)7-8-16-10-11(9-14(17)18)12-5-3-4-6-13(12)16/h3-6,10,19H,7-9H2,1-2H3,(H,17,18). The van der Waals surface area contributed by atoms with E-state index in [2.05, 4.69) is 0 Å². The lowest BCUT2D eigenvalue weighted by molar-refractivity contribution is -0.136. The molecular weight excluding hydrogens is 242 g/mol. The van der Waals surface area contributed by atoms with Gasteiger partial charge in [-0.1, -0.05) is 18.2 Å². The summed E-state index contributed by atoms with van der Waals surface area (Å²) in [5.41, 5.74) is 1.11. The van der Waals surface area contributed by atoms with Gasteiger partial charge in [-0.2, -0.15) is 0 Å². The highest BCUT2D eigenvalue weighted by atomic mass is 16.4. The summed E-state index contributed by atoms with van der Waals surface area (Å²) >= 11 is 0. The van der Waals surface area contributed by atoms with E-state index in [1.165, 1.54) is 0 Å². The predicted molar refractivity (Wildman–Crippen MR) is 74.2 cm³/mol. The van der Waals surface area contributed by atoms with Gasteiger partial charge in [-0.3, -0.25) is 4.79 Å². The Morgan fingerprint density at radius 1 is 1.32 bits per heavy atom. The van der Waals surface area contributed by atoms with Crippen LogP contribution in [0.15, 0.2) is 30.5 Å². The van der Waals surface area contributed by atoms with Gasteiger partial charge in [0.1, 0.15) is 0 Å². The molecule has 0 aliphatic rings. The number of hydrogen-bond acceptors (Lipinski definition) is 2. The molecule has 0 bridgehead atoms. The summed E-state index contributed by atoms with van der Waals surface area (Å²) in [5, 5.41) is 19.7. The maximum Gasteiger partial charge on any atom is 0.307 e. The van der Waals surface area contributed by atoms with Gasteiger partial charge in [0.05, 0.1) is 12.0 Å². The van der Waals surface area contributed by atoms with Gasteiger partial charge in [0.15, 0.2) is 0 Å². The molecule has 2 rings (SSSR count). The zero-order valence-electron chi connectivity index (χ0n) is 11.3. The van der Waals surface area contributed by atoms with Crippen LogP contribution in [-0.4, -0.2) is 26.4 Å². The monoisotopic (exact) mass is 261 g/mol. The minimum atomic E-state index is -0.828. The number of carbonyl (C=O) groups is 1. The van der Waals surface area contributed by atoms with Gasteiger partial charge < -0.3 is 14.8 Å². The van der Waals surface area contributed by atoms with E-state index in [-0.39, 0.29) is 6.42 Å². The van der Waals surface area contributed by atoms with Crippen molar-refractivity contribution in [1.82, 2.24) is 4.57 Å². The number of nitrogens with zero attached hydrogens (tertiary/aromatic N) is 1. The first-order chi connectivity index (χ1) is 8.87. The molecule has 0 aliphatic carbocycles. The van der Waals surface area contributed by atoms with E-state index in [9.17, 15) is 9.90 Å². The molecule has 4 nitrogen and oxygen atoms in total. The van der Waals surface area contributed by atoms with Crippen LogP contribution in [0.25, 0.3) is 10.9 Å². The Balaban J connectivity index is 2.36. The second-order valence-electron chi connectivity index (χ2n) is 5.50. The Morgan fingerprint density at radius 3 is 2.63 bits per heavy atom. The number of hydrogen-bond donors (Lipinski definition) is 2. The number of para-hydroxylation sites is 1. The SMILES string of the molecule is CC(C)(O)CCn1cc(CC(=O)O)c2ccccc21. The van der Waals surface area contributed by atoms with E-state index in [1.54, 1.807) is 13.8 Å². The average Bonchev–Trinajstić information content (AvgIpc) is 2.64. The number of carboxylic acid groups (broad SMARTS) is 1. The summed E-state index contributed by atoms with van der Waals surface area (Å²) in [5.74, 6) is -0.828. The van der Waals surface area contributed by atoms with Crippen molar-refractivity contribution in [2.75, 3.05) is 0 Å². The highest BCUT2D eigenvalue weighted by Gasteiger charge is 2.15. The smallest absolute Gasteiger partial charge is 0.307 e. The molecule has 2 N–H and O–H groups in total. The van der Waals surface area contributed by atoms with Gasteiger partial charge in [-0.05, 0) is 31.9 Å². The van der Waals surface area contributed by atoms with E-state index < -0.39 is 11.6 Å². The predicted octanol–water partition coefficient (Wildman–Crippen LogP) is 2.43. The first-order valence-corrected chi connectivity index (χ1v) is 6.38. The topological polar surface area (TPSA) is 62.5 Å². The number of rotatable bonds is 5. The number of fused-ring (bicyclic) bond motifs is 1. The average molecular weight is 261 g/mol. The molecule has 19 heavy (non-hydrogen) atoms. The molecule has 1 heterocycles. The lowest BCUT2D eigenvalue weighted by Crippen LogP contribution is -2.20. The van der Waals surface area contributed by atoms with Crippen LogP contribution in [0, 0.1) is 0 Å². The lowest BCUT2D eigenvalue weighted by atomic mass is 10.1. The molecule has 0 amide bonds. The van der Waals surface area contributed by atoms with Crippen LogP contribution >= 0.6 is 0 Å². The van der Waals surface area contributed by atoms with Crippen molar-refractivity contribution in [2.45, 2.75) is 38.8 Å². The van der Waals surface area contributed by atoms with Crippen LogP contribution < -0.4 is 0 Å². The fraction of sp³-hybridized carbons (Fsp3) is 0.400. The van der Waals surface area contributed by atoms with Gasteiger partial charge in [-0.25, -0.2) is 0 Å². The minimum Gasteiger partial charge on any atom is -0.481 e. The molecule has 0 spiro atoms. The first kappa shape index (κ1) is 13.6. The molecule has 0 saturated carbocycles. The molecule has 4 heteroatoms. The molecule has 0 unspecified atom stereocenters. The molecule has 0 fully saturated rings. The van der Waals surface area contributed by atoms with Crippen molar-refractivity contribution in [2.24, 2.45) is 0 Å². The summed E-state index contributed by atoms with van der Waals surface area (Å²) in [7, 11) is 0. The van der Waals surface area contributed by atoms with Crippen molar-refractivity contribution in [3.05, 3.63) is 36.0 Å². The van der Waals surface area contributed by atoms with Crippen molar-refractivity contribution in [3.63, 3.8) is 0 Å². The first-order valence-electron chi connectivity index (χ1n) is 6.38. The Labute approximate surface area is 112 Å². The summed E-state index contributed by atoms with van der Waals surface area (Å²) in [4.78, 5) is 10.9. The molecule has 0 radical (unpaired) electrons. The number of carboxylic acids is 1. The van der Waals surface area contributed by atoms with Gasteiger partial charge in [-0.15, -0.1) is 0 Å². The molecule has 1 aromatic heterocycles. The molecular formula is C15H19NO3. The van der Waals surface area contributed by atoms with Gasteiger partial charge in [0, 0.05) is 23.6 Å². The minimum absolute atomic E-state index is 0.0238. The van der Waals surface area contributed by atoms with Crippen molar-refractivity contribution in [3.8, 4) is 0 Å². The quantitative estimate of drug-likeness (QED) is 0.869. The fourth-order valence-corrected chi connectivity index (χ4v) is 2.21. The Kier molecular flexibility index (Phi) is 3.62. The third kappa shape index (κ3) is 3.35. The third-order valence-corrected chi connectivity index (χ3v) is 3.18. The van der Waals surface area contributed by atoms with E-state index >= 15 is 0 Å². The van der Waals surface area contributed by atoms with Crippen LogP contribution in [0.1, 0.15) is 25.8 Å². The fourth-order valence-electron chi connectivity index (χ4n) is 2.21. The highest BCUT2D eigenvalue weighted by Crippen LogP contribution is 2.23. The molecule has 0 saturated heterocycles. The van der Waals surface area contributed by atoms with Gasteiger partial charge in [0.2, 0.25) is 0 Å². The Morgan fingerprint density at radius 2 is 2.00 bits per heavy atom. The third-order valence-electron chi connectivity index (χ3n) is 3.18. The Bertz CT molecular complexity index is 593. The summed E-state index contributed by atoms with van der Waals surface area (Å²) in [6.07, 6.45) is 2.53. The molecule has 102 valence electrons. The number of aliphatic hydroxyl groups is 1. The lowest BCUT2D eigenvalue weighted by Gasteiger charge is -2.17. The van der Waals surface area contributed by atoms with E-state index in [1.807, 2.05) is 35.0 Å². The molecule has 2 aromatic rings. The second-order valence-corrected chi connectivity index (χ2v) is 5.50. The summed E-state index contributed by atoms with van der Waals surface area (Å²) in [6.45, 7) is 4.22. The van der Waals surface area contributed by atoms with Gasteiger partial charge in [0.25, 0.3) is 0 Å². The van der Waals surface area contributed by atoms with Crippen molar-refractivity contribution < 1.29 is 15.0 Å². The number of aryl methyl sites for hydroxylation is 1. The van der Waals surface area contributed by atoms with Crippen LogP contribution in [0.2, 0.25) is 0 Å². The molecule has 1 aromatic carbocycles. The van der Waals surface area contributed by atoms with E-state index in [0.717, 1.165) is 16.5 Å². The van der Waals surface area contributed by atoms with E-state index in [0.29, 0.717) is 13.0 Å². The van der Waals surface area contributed by atoms with Crippen LogP contribution in [0.5, 0.6) is 0 Å². The number of benzene rings is 1. The zero-order valence-corrected chi connectivity index (χ0v) is 11.3. The number of aromatic nitrogens is 1. The molecule has 0 atom stereocenters.